The van der Waals surface area contributed by atoms with Gasteiger partial charge in [-0.1, -0.05) is 30.7 Å². The van der Waals surface area contributed by atoms with E-state index in [4.69, 9.17) is 11.6 Å². The molecule has 0 bridgehead atoms. The Balaban J connectivity index is 2.47. The molecule has 3 nitrogen and oxygen atoms in total. The molecule has 1 aromatic carbocycles. The van der Waals surface area contributed by atoms with Crippen molar-refractivity contribution in [2.75, 3.05) is 13.7 Å². The second kappa shape index (κ2) is 6.62. The molecule has 0 aliphatic heterocycles. The number of benzene rings is 1. The third kappa shape index (κ3) is 4.36. The summed E-state index contributed by atoms with van der Waals surface area (Å²) >= 11 is 5.82. The Morgan fingerprint density at radius 1 is 1.35 bits per heavy atom. The summed E-state index contributed by atoms with van der Waals surface area (Å²) in [6.07, 6.45) is 0. The summed E-state index contributed by atoms with van der Waals surface area (Å²) in [5.74, 6) is -0.337. The van der Waals surface area contributed by atoms with E-state index in [-0.39, 0.29) is 17.9 Å². The van der Waals surface area contributed by atoms with Gasteiger partial charge < -0.3 is 10.1 Å². The van der Waals surface area contributed by atoms with Crippen molar-refractivity contribution in [1.29, 1.82) is 0 Å². The molecule has 0 radical (unpaired) electrons. The molecule has 0 heterocycles. The summed E-state index contributed by atoms with van der Waals surface area (Å²) in [5.41, 5.74) is 1.14. The zero-order chi connectivity index (χ0) is 12.8. The predicted molar refractivity (Wildman–Crippen MR) is 69.0 cm³/mol. The highest BCUT2D eigenvalue weighted by molar-refractivity contribution is 6.30. The highest BCUT2D eigenvalue weighted by atomic mass is 35.5. The molecule has 0 saturated heterocycles. The highest BCUT2D eigenvalue weighted by Gasteiger charge is 2.14. The van der Waals surface area contributed by atoms with E-state index in [9.17, 15) is 4.79 Å². The topological polar surface area (TPSA) is 38.3 Å². The van der Waals surface area contributed by atoms with E-state index in [1.165, 1.54) is 7.11 Å². The second-order valence-corrected chi connectivity index (χ2v) is 4.54. The maximum atomic E-state index is 11.2. The lowest BCUT2D eigenvalue weighted by Crippen LogP contribution is -2.29. The normalized spacial score (nSPS) is 14.1. The van der Waals surface area contributed by atoms with Gasteiger partial charge in [0.05, 0.1) is 13.0 Å². The van der Waals surface area contributed by atoms with Gasteiger partial charge in [0.25, 0.3) is 0 Å². The summed E-state index contributed by atoms with van der Waals surface area (Å²) < 4.78 is 4.67. The summed E-state index contributed by atoms with van der Waals surface area (Å²) in [6, 6.07) is 7.85. The molecule has 1 N–H and O–H groups in total. The third-order valence-electron chi connectivity index (χ3n) is 2.70. The molecule has 17 heavy (non-hydrogen) atoms. The van der Waals surface area contributed by atoms with Crippen molar-refractivity contribution in [3.63, 3.8) is 0 Å². The standard InChI is InChI=1S/C13H18ClNO2/c1-9(13(16)17-3)8-15-10(2)11-4-6-12(14)7-5-11/h4-7,9-10,15H,8H2,1-3H3. The molecule has 0 fully saturated rings. The fourth-order valence-corrected chi connectivity index (χ4v) is 1.63. The maximum Gasteiger partial charge on any atom is 0.309 e. The van der Waals surface area contributed by atoms with Gasteiger partial charge in [-0.15, -0.1) is 0 Å². The number of esters is 1. The van der Waals surface area contributed by atoms with E-state index in [1.54, 1.807) is 0 Å². The first-order chi connectivity index (χ1) is 8.04. The van der Waals surface area contributed by atoms with Crippen molar-refractivity contribution in [1.82, 2.24) is 5.32 Å². The van der Waals surface area contributed by atoms with Crippen LogP contribution in [-0.2, 0) is 9.53 Å². The lowest BCUT2D eigenvalue weighted by molar-refractivity contribution is -0.144. The molecule has 94 valence electrons. The summed E-state index contributed by atoms with van der Waals surface area (Å²) in [4.78, 5) is 11.2. The van der Waals surface area contributed by atoms with E-state index in [0.29, 0.717) is 6.54 Å². The van der Waals surface area contributed by atoms with E-state index in [1.807, 2.05) is 38.1 Å². The first-order valence-electron chi connectivity index (χ1n) is 5.61. The minimum Gasteiger partial charge on any atom is -0.469 e. The van der Waals surface area contributed by atoms with Gasteiger partial charge in [0.15, 0.2) is 0 Å². The monoisotopic (exact) mass is 255 g/mol. The number of nitrogens with one attached hydrogen (secondary N) is 1. The van der Waals surface area contributed by atoms with Gasteiger partial charge in [0.2, 0.25) is 0 Å². The fourth-order valence-electron chi connectivity index (χ4n) is 1.51. The minimum atomic E-state index is -0.194. The predicted octanol–water partition coefficient (Wildman–Crippen LogP) is 2.80. The van der Waals surface area contributed by atoms with Crippen molar-refractivity contribution in [3.8, 4) is 0 Å². The summed E-state index contributed by atoms with van der Waals surface area (Å²) in [6.45, 7) is 4.48. The van der Waals surface area contributed by atoms with Crippen LogP contribution in [0.3, 0.4) is 0 Å². The molecule has 0 aromatic heterocycles. The molecule has 0 amide bonds. The molecule has 0 spiro atoms. The summed E-state index contributed by atoms with van der Waals surface area (Å²) in [7, 11) is 1.40. The Hall–Kier alpha value is -1.06. The Bertz CT molecular complexity index is 364. The van der Waals surface area contributed by atoms with Crippen LogP contribution >= 0.6 is 11.6 Å². The number of carbonyl (C=O) groups is 1. The van der Waals surface area contributed by atoms with Crippen LogP contribution in [0.2, 0.25) is 5.02 Å². The van der Waals surface area contributed by atoms with Crippen molar-refractivity contribution < 1.29 is 9.53 Å². The van der Waals surface area contributed by atoms with Crippen LogP contribution in [-0.4, -0.2) is 19.6 Å². The van der Waals surface area contributed by atoms with Crippen LogP contribution in [0.5, 0.6) is 0 Å². The second-order valence-electron chi connectivity index (χ2n) is 4.11. The Morgan fingerprint density at radius 3 is 2.47 bits per heavy atom. The Kier molecular flexibility index (Phi) is 5.45. The van der Waals surface area contributed by atoms with Gasteiger partial charge in [0.1, 0.15) is 0 Å². The van der Waals surface area contributed by atoms with Crippen LogP contribution in [0, 0.1) is 5.92 Å². The van der Waals surface area contributed by atoms with E-state index in [2.05, 4.69) is 10.1 Å². The van der Waals surface area contributed by atoms with E-state index < -0.39 is 0 Å². The van der Waals surface area contributed by atoms with E-state index >= 15 is 0 Å². The maximum absolute atomic E-state index is 11.2. The van der Waals surface area contributed by atoms with Gasteiger partial charge >= 0.3 is 5.97 Å². The number of rotatable bonds is 5. The molecular formula is C13H18ClNO2. The van der Waals surface area contributed by atoms with Gasteiger partial charge in [0, 0.05) is 17.6 Å². The quantitative estimate of drug-likeness (QED) is 0.823. The largest absolute Gasteiger partial charge is 0.469 e. The zero-order valence-electron chi connectivity index (χ0n) is 10.4. The molecule has 0 saturated carbocycles. The number of methoxy groups -OCH3 is 1. The van der Waals surface area contributed by atoms with Gasteiger partial charge in [-0.05, 0) is 24.6 Å². The van der Waals surface area contributed by atoms with Gasteiger partial charge in [-0.2, -0.15) is 0 Å². The van der Waals surface area contributed by atoms with Crippen LogP contribution in [0.1, 0.15) is 25.5 Å². The first-order valence-corrected chi connectivity index (χ1v) is 5.99. The van der Waals surface area contributed by atoms with Crippen molar-refractivity contribution in [2.24, 2.45) is 5.92 Å². The van der Waals surface area contributed by atoms with Crippen molar-refractivity contribution in [2.45, 2.75) is 19.9 Å². The molecule has 0 aliphatic carbocycles. The average Bonchev–Trinajstić information content (AvgIpc) is 2.35. The number of hydrogen-bond acceptors (Lipinski definition) is 3. The van der Waals surface area contributed by atoms with Crippen LogP contribution in [0.25, 0.3) is 0 Å². The smallest absolute Gasteiger partial charge is 0.309 e. The average molecular weight is 256 g/mol. The molecule has 1 aromatic rings. The van der Waals surface area contributed by atoms with Crippen LogP contribution < -0.4 is 5.32 Å². The van der Waals surface area contributed by atoms with Gasteiger partial charge in [-0.25, -0.2) is 0 Å². The van der Waals surface area contributed by atoms with Crippen molar-refractivity contribution in [3.05, 3.63) is 34.9 Å². The third-order valence-corrected chi connectivity index (χ3v) is 2.96. The minimum absolute atomic E-state index is 0.144. The SMILES string of the molecule is COC(=O)C(C)CNC(C)c1ccc(Cl)cc1. The molecular weight excluding hydrogens is 238 g/mol. The number of halogens is 1. The van der Waals surface area contributed by atoms with Crippen LogP contribution in [0.4, 0.5) is 0 Å². The van der Waals surface area contributed by atoms with Crippen LogP contribution in [0.15, 0.2) is 24.3 Å². The fraction of sp³-hybridized carbons (Fsp3) is 0.462. The molecule has 4 heteroatoms. The molecule has 2 atom stereocenters. The lowest BCUT2D eigenvalue weighted by Gasteiger charge is -2.16. The zero-order valence-corrected chi connectivity index (χ0v) is 11.1. The Labute approximate surface area is 107 Å². The van der Waals surface area contributed by atoms with Crippen molar-refractivity contribution >= 4 is 17.6 Å². The first kappa shape index (κ1) is 14.0. The lowest BCUT2D eigenvalue weighted by atomic mass is 10.1. The number of carbonyl (C=O) groups excluding carboxylic acids is 1. The highest BCUT2D eigenvalue weighted by Crippen LogP contribution is 2.16. The molecule has 0 aliphatic rings. The summed E-state index contributed by atoms with van der Waals surface area (Å²) in [5, 5.41) is 4.02. The molecule has 1 rings (SSSR count). The van der Waals surface area contributed by atoms with E-state index in [0.717, 1.165) is 10.6 Å². The van der Waals surface area contributed by atoms with Gasteiger partial charge in [-0.3, -0.25) is 4.79 Å². The number of ether oxygens (including phenoxy) is 1. The Morgan fingerprint density at radius 2 is 1.94 bits per heavy atom. The molecule has 2 unspecified atom stereocenters. The number of hydrogen-bond donors (Lipinski definition) is 1.